The van der Waals surface area contributed by atoms with E-state index in [1.54, 1.807) is 0 Å². The highest BCUT2D eigenvalue weighted by Gasteiger charge is 2.34. The van der Waals surface area contributed by atoms with Crippen LogP contribution in [0.15, 0.2) is 29.4 Å². The maximum atomic E-state index is 12.8. The number of nitrogens with one attached hydrogen (secondary N) is 1. The van der Waals surface area contributed by atoms with Crippen molar-refractivity contribution in [2.75, 3.05) is 5.01 Å². The molecule has 0 fully saturated rings. The van der Waals surface area contributed by atoms with E-state index in [9.17, 15) is 9.18 Å². The van der Waals surface area contributed by atoms with Crippen LogP contribution in [0.5, 0.6) is 0 Å². The molecule has 0 saturated heterocycles. The van der Waals surface area contributed by atoms with Gasteiger partial charge in [-0.05, 0) is 30.7 Å². The summed E-state index contributed by atoms with van der Waals surface area (Å²) in [6.45, 7) is 1.99. The first-order valence-corrected chi connectivity index (χ1v) is 5.85. The molecule has 4 nitrogen and oxygen atoms in total. The van der Waals surface area contributed by atoms with Crippen LogP contribution in [-0.2, 0) is 4.79 Å². The predicted octanol–water partition coefficient (Wildman–Crippen LogP) is 2.59. The maximum Gasteiger partial charge on any atom is 0.261 e. The second kappa shape index (κ2) is 5.08. The molecule has 0 spiro atoms. The number of nitrogens with zero attached hydrogens (tertiary/aromatic N) is 2. The zero-order valence-electron chi connectivity index (χ0n) is 10.1. The summed E-state index contributed by atoms with van der Waals surface area (Å²) >= 11 is 0. The summed E-state index contributed by atoms with van der Waals surface area (Å²) in [5, 5.41) is 12.8. The third-order valence-corrected chi connectivity index (χ3v) is 2.81. The Bertz CT molecular complexity index is 495. The quantitative estimate of drug-likeness (QED) is 0.817. The van der Waals surface area contributed by atoms with Gasteiger partial charge in [0.25, 0.3) is 5.91 Å². The van der Waals surface area contributed by atoms with Crippen LogP contribution < -0.4 is 5.01 Å². The molecule has 0 radical (unpaired) electrons. The first-order valence-electron chi connectivity index (χ1n) is 5.85. The summed E-state index contributed by atoms with van der Waals surface area (Å²) in [6, 6.07) is 5.59. The normalized spacial score (nSPS) is 19.0. The summed E-state index contributed by atoms with van der Waals surface area (Å²) in [6.07, 6.45) is 2.66. The molecule has 1 aliphatic heterocycles. The van der Waals surface area contributed by atoms with Gasteiger partial charge >= 0.3 is 0 Å². The lowest BCUT2D eigenvalue weighted by Gasteiger charge is -2.12. The van der Waals surface area contributed by atoms with Crippen molar-refractivity contribution in [3.8, 4) is 0 Å². The SMILES string of the molecule is CCCC1=NN(c2ccc(F)cc2)C(=O)[C@H]1C=N. The van der Waals surface area contributed by atoms with Crippen LogP contribution >= 0.6 is 0 Å². The summed E-state index contributed by atoms with van der Waals surface area (Å²) in [5.41, 5.74) is 1.22. The van der Waals surface area contributed by atoms with Crippen molar-refractivity contribution in [3.05, 3.63) is 30.1 Å². The Morgan fingerprint density at radius 3 is 2.67 bits per heavy atom. The van der Waals surface area contributed by atoms with Gasteiger partial charge in [0.1, 0.15) is 11.7 Å². The average molecular weight is 247 g/mol. The van der Waals surface area contributed by atoms with Gasteiger partial charge in [-0.3, -0.25) is 4.79 Å². The lowest BCUT2D eigenvalue weighted by molar-refractivity contribution is -0.118. The molecule has 1 N–H and O–H groups in total. The van der Waals surface area contributed by atoms with Crippen molar-refractivity contribution < 1.29 is 9.18 Å². The van der Waals surface area contributed by atoms with Crippen LogP contribution in [0.1, 0.15) is 19.8 Å². The smallest absolute Gasteiger partial charge is 0.261 e. The largest absolute Gasteiger partial charge is 0.312 e. The number of hydrogen-bond acceptors (Lipinski definition) is 3. The molecule has 1 heterocycles. The fraction of sp³-hybridized carbons (Fsp3) is 0.308. The summed E-state index contributed by atoms with van der Waals surface area (Å²) in [5.74, 6) is -1.18. The molecule has 0 aromatic heterocycles. The third kappa shape index (κ3) is 2.16. The highest BCUT2D eigenvalue weighted by molar-refractivity contribution is 6.23. The van der Waals surface area contributed by atoms with Crippen molar-refractivity contribution in [2.45, 2.75) is 19.8 Å². The highest BCUT2D eigenvalue weighted by Crippen LogP contribution is 2.24. The minimum atomic E-state index is -0.574. The number of rotatable bonds is 4. The second-order valence-electron chi connectivity index (χ2n) is 4.11. The molecular weight excluding hydrogens is 233 g/mol. The minimum absolute atomic E-state index is 0.250. The third-order valence-electron chi connectivity index (χ3n) is 2.81. The molecular formula is C13H14FN3O. The Hall–Kier alpha value is -2.04. The van der Waals surface area contributed by atoms with Crippen LogP contribution in [0, 0.1) is 17.1 Å². The van der Waals surface area contributed by atoms with Gasteiger partial charge in [-0.1, -0.05) is 13.3 Å². The van der Waals surface area contributed by atoms with Crippen molar-refractivity contribution >= 4 is 23.5 Å². The summed E-state index contributed by atoms with van der Waals surface area (Å²) < 4.78 is 12.8. The molecule has 1 aromatic rings. The lowest BCUT2D eigenvalue weighted by Crippen LogP contribution is -2.28. The summed E-state index contributed by atoms with van der Waals surface area (Å²) in [7, 11) is 0. The van der Waals surface area contributed by atoms with Gasteiger partial charge in [0, 0.05) is 6.21 Å². The Balaban J connectivity index is 2.31. The zero-order valence-corrected chi connectivity index (χ0v) is 10.1. The molecule has 0 bridgehead atoms. The van der Waals surface area contributed by atoms with Crippen LogP contribution in [-0.4, -0.2) is 17.8 Å². The van der Waals surface area contributed by atoms with E-state index >= 15 is 0 Å². The second-order valence-corrected chi connectivity index (χ2v) is 4.11. The van der Waals surface area contributed by atoms with E-state index in [0.29, 0.717) is 17.8 Å². The number of anilines is 1. The first kappa shape index (κ1) is 12.4. The molecule has 1 aromatic carbocycles. The van der Waals surface area contributed by atoms with Crippen LogP contribution in [0.3, 0.4) is 0 Å². The first-order chi connectivity index (χ1) is 8.67. The Morgan fingerprint density at radius 2 is 2.11 bits per heavy atom. The van der Waals surface area contributed by atoms with Crippen LogP contribution in [0.2, 0.25) is 0 Å². The molecule has 94 valence electrons. The molecule has 5 heteroatoms. The Kier molecular flexibility index (Phi) is 3.50. The number of carbonyl (C=O) groups excluding carboxylic acids is 1. The molecule has 0 unspecified atom stereocenters. The molecule has 1 atom stereocenters. The monoisotopic (exact) mass is 247 g/mol. The zero-order chi connectivity index (χ0) is 13.1. The highest BCUT2D eigenvalue weighted by atomic mass is 19.1. The molecule has 2 rings (SSSR count). The van der Waals surface area contributed by atoms with E-state index in [4.69, 9.17) is 5.41 Å². The van der Waals surface area contributed by atoms with E-state index in [0.717, 1.165) is 12.6 Å². The fourth-order valence-electron chi connectivity index (χ4n) is 1.91. The number of hydrogen-bond donors (Lipinski definition) is 1. The van der Waals surface area contributed by atoms with E-state index in [2.05, 4.69) is 5.10 Å². The van der Waals surface area contributed by atoms with Gasteiger partial charge < -0.3 is 5.41 Å². The van der Waals surface area contributed by atoms with Crippen molar-refractivity contribution in [1.82, 2.24) is 0 Å². The average Bonchev–Trinajstić information content (AvgIpc) is 2.67. The van der Waals surface area contributed by atoms with Gasteiger partial charge in [0.2, 0.25) is 0 Å². The molecule has 0 saturated carbocycles. The van der Waals surface area contributed by atoms with E-state index in [-0.39, 0.29) is 11.7 Å². The van der Waals surface area contributed by atoms with Gasteiger partial charge in [-0.15, -0.1) is 0 Å². The number of benzene rings is 1. The van der Waals surface area contributed by atoms with Crippen molar-refractivity contribution in [3.63, 3.8) is 0 Å². The van der Waals surface area contributed by atoms with Crippen molar-refractivity contribution in [1.29, 1.82) is 5.41 Å². The molecule has 18 heavy (non-hydrogen) atoms. The Morgan fingerprint density at radius 1 is 1.44 bits per heavy atom. The van der Waals surface area contributed by atoms with Crippen LogP contribution in [0.4, 0.5) is 10.1 Å². The number of halogens is 1. The van der Waals surface area contributed by atoms with Crippen molar-refractivity contribution in [2.24, 2.45) is 11.0 Å². The number of amides is 1. The fourth-order valence-corrected chi connectivity index (χ4v) is 1.91. The predicted molar refractivity (Wildman–Crippen MR) is 68.5 cm³/mol. The lowest BCUT2D eigenvalue weighted by atomic mass is 10.0. The minimum Gasteiger partial charge on any atom is -0.312 e. The number of hydrazone groups is 1. The van der Waals surface area contributed by atoms with Gasteiger partial charge in [-0.25, -0.2) is 4.39 Å². The molecule has 1 amide bonds. The number of carbonyl (C=O) groups is 1. The van der Waals surface area contributed by atoms with Gasteiger partial charge in [-0.2, -0.15) is 10.1 Å². The van der Waals surface area contributed by atoms with Gasteiger partial charge in [0.15, 0.2) is 0 Å². The van der Waals surface area contributed by atoms with E-state index in [1.807, 2.05) is 6.92 Å². The van der Waals surface area contributed by atoms with Gasteiger partial charge in [0.05, 0.1) is 11.4 Å². The summed E-state index contributed by atoms with van der Waals surface area (Å²) in [4.78, 5) is 12.1. The van der Waals surface area contributed by atoms with Crippen LogP contribution in [0.25, 0.3) is 0 Å². The molecule has 1 aliphatic rings. The standard InChI is InChI=1S/C13H14FN3O/c1-2-3-12-11(8-15)13(18)17(16-12)10-6-4-9(14)5-7-10/h4-8,11,15H,2-3H2,1H3/t11-/m0/s1. The topological polar surface area (TPSA) is 56.5 Å². The van der Waals surface area contributed by atoms with E-state index < -0.39 is 5.92 Å². The maximum absolute atomic E-state index is 12.8. The Labute approximate surface area is 105 Å². The van der Waals surface area contributed by atoms with E-state index in [1.165, 1.54) is 29.3 Å². The molecule has 0 aliphatic carbocycles.